The lowest BCUT2D eigenvalue weighted by Gasteiger charge is -2.06. The molecular weight excluding hydrogens is 174 g/mol. The van der Waals surface area contributed by atoms with Crippen molar-refractivity contribution in [1.29, 1.82) is 0 Å². The molecule has 2 N–H and O–H groups in total. The first-order chi connectivity index (χ1) is 5.54. The number of primary amides is 1. The van der Waals surface area contributed by atoms with Crippen molar-refractivity contribution in [2.45, 2.75) is 13.8 Å². The van der Waals surface area contributed by atoms with Gasteiger partial charge in [-0.25, -0.2) is 0 Å². The molecule has 0 aliphatic heterocycles. The first-order valence-electron chi connectivity index (χ1n) is 3.59. The minimum atomic E-state index is -0.471. The summed E-state index contributed by atoms with van der Waals surface area (Å²) in [4.78, 5) is 10.9. The smallest absolute Gasteiger partial charge is 0.250 e. The van der Waals surface area contributed by atoms with Crippen LogP contribution in [0.2, 0.25) is 5.02 Å². The summed E-state index contributed by atoms with van der Waals surface area (Å²) in [5, 5.41) is 0.461. The largest absolute Gasteiger partial charge is 0.366 e. The van der Waals surface area contributed by atoms with Gasteiger partial charge < -0.3 is 5.73 Å². The molecule has 0 aliphatic carbocycles. The number of hydrogen-bond acceptors (Lipinski definition) is 1. The summed E-state index contributed by atoms with van der Waals surface area (Å²) >= 11 is 5.89. The van der Waals surface area contributed by atoms with Crippen molar-refractivity contribution in [2.75, 3.05) is 0 Å². The first-order valence-corrected chi connectivity index (χ1v) is 3.97. The van der Waals surface area contributed by atoms with Crippen molar-refractivity contribution in [2.24, 2.45) is 5.73 Å². The molecule has 0 aliphatic rings. The highest BCUT2D eigenvalue weighted by molar-refractivity contribution is 6.34. The Labute approximate surface area is 76.3 Å². The van der Waals surface area contributed by atoms with Crippen molar-refractivity contribution in [1.82, 2.24) is 0 Å². The standard InChI is InChI=1S/C9H10ClNO/c1-5-3-4-6(2)8(10)7(5)9(11)12/h3-4H,1-2H3,(H2,11,12). The van der Waals surface area contributed by atoms with Gasteiger partial charge in [-0.05, 0) is 25.0 Å². The summed E-state index contributed by atoms with van der Waals surface area (Å²) in [6.45, 7) is 3.65. The van der Waals surface area contributed by atoms with E-state index in [2.05, 4.69) is 0 Å². The zero-order valence-corrected chi connectivity index (χ0v) is 7.77. The molecule has 0 saturated carbocycles. The maximum atomic E-state index is 10.9. The third-order valence-electron chi connectivity index (χ3n) is 1.79. The van der Waals surface area contributed by atoms with Crippen molar-refractivity contribution in [3.8, 4) is 0 Å². The van der Waals surface area contributed by atoms with Crippen LogP contribution < -0.4 is 5.73 Å². The number of carbonyl (C=O) groups excluding carboxylic acids is 1. The highest BCUT2D eigenvalue weighted by Gasteiger charge is 2.11. The fourth-order valence-electron chi connectivity index (χ4n) is 1.08. The van der Waals surface area contributed by atoms with Crippen LogP contribution in [0.15, 0.2) is 12.1 Å². The highest BCUT2D eigenvalue weighted by Crippen LogP contribution is 2.22. The third-order valence-corrected chi connectivity index (χ3v) is 2.28. The molecule has 2 nitrogen and oxygen atoms in total. The number of benzene rings is 1. The average Bonchev–Trinajstić information content (AvgIpc) is 1.97. The van der Waals surface area contributed by atoms with Gasteiger partial charge >= 0.3 is 0 Å². The van der Waals surface area contributed by atoms with Crippen LogP contribution in [0.5, 0.6) is 0 Å². The van der Waals surface area contributed by atoms with Crippen LogP contribution in [-0.4, -0.2) is 5.91 Å². The molecule has 0 unspecified atom stereocenters. The van der Waals surface area contributed by atoms with E-state index in [0.29, 0.717) is 10.6 Å². The van der Waals surface area contributed by atoms with E-state index in [0.717, 1.165) is 11.1 Å². The van der Waals surface area contributed by atoms with Gasteiger partial charge in [-0.15, -0.1) is 0 Å². The van der Waals surface area contributed by atoms with Crippen LogP contribution in [-0.2, 0) is 0 Å². The molecule has 0 bridgehead atoms. The Morgan fingerprint density at radius 1 is 1.33 bits per heavy atom. The zero-order valence-electron chi connectivity index (χ0n) is 7.02. The molecule has 0 spiro atoms. The molecule has 0 radical (unpaired) electrons. The molecule has 3 heteroatoms. The van der Waals surface area contributed by atoms with E-state index in [1.165, 1.54) is 0 Å². The minimum absolute atomic E-state index is 0.427. The predicted molar refractivity (Wildman–Crippen MR) is 49.4 cm³/mol. The molecule has 12 heavy (non-hydrogen) atoms. The molecule has 0 aromatic heterocycles. The highest BCUT2D eigenvalue weighted by atomic mass is 35.5. The van der Waals surface area contributed by atoms with Crippen LogP contribution in [0.3, 0.4) is 0 Å². The Hall–Kier alpha value is -1.02. The van der Waals surface area contributed by atoms with E-state index in [-0.39, 0.29) is 0 Å². The maximum absolute atomic E-state index is 10.9. The second kappa shape index (κ2) is 3.15. The monoisotopic (exact) mass is 183 g/mol. The van der Waals surface area contributed by atoms with E-state index >= 15 is 0 Å². The summed E-state index contributed by atoms with van der Waals surface area (Å²) in [7, 11) is 0. The Kier molecular flexibility index (Phi) is 2.38. The molecule has 1 rings (SSSR count). The van der Waals surface area contributed by atoms with Crippen LogP contribution >= 0.6 is 11.6 Å². The summed E-state index contributed by atoms with van der Waals surface area (Å²) in [6, 6.07) is 3.70. The second-order valence-electron chi connectivity index (χ2n) is 2.75. The topological polar surface area (TPSA) is 43.1 Å². The van der Waals surface area contributed by atoms with Crippen molar-refractivity contribution in [3.05, 3.63) is 33.8 Å². The molecular formula is C9H10ClNO. The van der Waals surface area contributed by atoms with Gasteiger partial charge in [-0.1, -0.05) is 23.7 Å². The lowest BCUT2D eigenvalue weighted by molar-refractivity contribution is 0.1000. The van der Waals surface area contributed by atoms with Gasteiger partial charge in [0.05, 0.1) is 10.6 Å². The summed E-state index contributed by atoms with van der Waals surface area (Å²) in [5.74, 6) is -0.471. The lowest BCUT2D eigenvalue weighted by Crippen LogP contribution is -2.13. The van der Waals surface area contributed by atoms with Gasteiger partial charge in [-0.2, -0.15) is 0 Å². The van der Waals surface area contributed by atoms with Crippen LogP contribution in [0.4, 0.5) is 0 Å². The molecule has 0 saturated heterocycles. The van der Waals surface area contributed by atoms with Crippen molar-refractivity contribution >= 4 is 17.5 Å². The number of aryl methyl sites for hydroxylation is 2. The number of hydrogen-bond donors (Lipinski definition) is 1. The van der Waals surface area contributed by atoms with Gasteiger partial charge in [0.1, 0.15) is 0 Å². The van der Waals surface area contributed by atoms with Crippen LogP contribution in [0.25, 0.3) is 0 Å². The Morgan fingerprint density at radius 3 is 2.25 bits per heavy atom. The number of halogens is 1. The van der Waals surface area contributed by atoms with Gasteiger partial charge in [0.2, 0.25) is 5.91 Å². The third kappa shape index (κ3) is 1.43. The number of rotatable bonds is 1. The lowest BCUT2D eigenvalue weighted by atomic mass is 10.1. The van der Waals surface area contributed by atoms with Gasteiger partial charge in [-0.3, -0.25) is 4.79 Å². The van der Waals surface area contributed by atoms with Crippen molar-refractivity contribution in [3.63, 3.8) is 0 Å². The fraction of sp³-hybridized carbons (Fsp3) is 0.222. The fourth-order valence-corrected chi connectivity index (χ4v) is 1.38. The maximum Gasteiger partial charge on any atom is 0.250 e. The molecule has 0 atom stereocenters. The van der Waals surface area contributed by atoms with E-state index in [1.54, 1.807) is 0 Å². The average molecular weight is 184 g/mol. The molecule has 1 aromatic carbocycles. The summed E-state index contributed by atoms with van der Waals surface area (Å²) < 4.78 is 0. The molecule has 1 amide bonds. The molecule has 0 heterocycles. The predicted octanol–water partition coefficient (Wildman–Crippen LogP) is 2.06. The normalized spacial score (nSPS) is 9.92. The van der Waals surface area contributed by atoms with Gasteiger partial charge in [0, 0.05) is 0 Å². The Bertz CT molecular complexity index is 334. The molecule has 0 fully saturated rings. The van der Waals surface area contributed by atoms with Crippen LogP contribution in [0.1, 0.15) is 21.5 Å². The van der Waals surface area contributed by atoms with E-state index < -0.39 is 5.91 Å². The molecule has 64 valence electrons. The number of amides is 1. The first kappa shape index (κ1) is 9.07. The van der Waals surface area contributed by atoms with E-state index in [1.807, 2.05) is 26.0 Å². The minimum Gasteiger partial charge on any atom is -0.366 e. The SMILES string of the molecule is Cc1ccc(C)c(C(N)=O)c1Cl. The summed E-state index contributed by atoms with van der Waals surface area (Å²) in [6.07, 6.45) is 0. The van der Waals surface area contributed by atoms with E-state index in [9.17, 15) is 4.79 Å². The number of nitrogens with two attached hydrogens (primary N) is 1. The van der Waals surface area contributed by atoms with Gasteiger partial charge in [0.25, 0.3) is 0 Å². The Morgan fingerprint density at radius 2 is 1.83 bits per heavy atom. The van der Waals surface area contributed by atoms with Crippen molar-refractivity contribution < 1.29 is 4.79 Å². The quantitative estimate of drug-likeness (QED) is 0.712. The van der Waals surface area contributed by atoms with Gasteiger partial charge in [0.15, 0.2) is 0 Å². The van der Waals surface area contributed by atoms with E-state index in [4.69, 9.17) is 17.3 Å². The second-order valence-corrected chi connectivity index (χ2v) is 3.13. The van der Waals surface area contributed by atoms with Crippen LogP contribution in [0, 0.1) is 13.8 Å². The number of carbonyl (C=O) groups is 1. The Balaban J connectivity index is 3.43. The summed E-state index contributed by atoms with van der Waals surface area (Å²) in [5.41, 5.74) is 7.28. The zero-order chi connectivity index (χ0) is 9.30. The molecule has 1 aromatic rings.